The van der Waals surface area contributed by atoms with Gasteiger partial charge in [-0.2, -0.15) is 0 Å². The second-order valence-corrected chi connectivity index (χ2v) is 9.56. The number of aromatic amines is 1. The first-order valence-electron chi connectivity index (χ1n) is 11.8. The number of hydrogen-bond donors (Lipinski definition) is 1. The molecular weight excluding hydrogens is 450 g/mol. The van der Waals surface area contributed by atoms with Crippen LogP contribution in [0.25, 0.3) is 17.0 Å². The van der Waals surface area contributed by atoms with Crippen LogP contribution in [0.15, 0.2) is 113 Å². The average molecular weight is 482 g/mol. The van der Waals surface area contributed by atoms with Crippen LogP contribution in [0.1, 0.15) is 12.5 Å². The lowest BCUT2D eigenvalue weighted by atomic mass is 10.2. The van der Waals surface area contributed by atoms with E-state index in [2.05, 4.69) is 109 Å². The molecule has 4 nitrogen and oxygen atoms in total. The number of thioether (sulfide) groups is 1. The molecule has 0 amide bonds. The molecule has 1 N–H and O–H groups in total. The lowest BCUT2D eigenvalue weighted by Gasteiger charge is -2.22. The molecule has 4 aromatic rings. The van der Waals surface area contributed by atoms with E-state index in [4.69, 9.17) is 0 Å². The summed E-state index contributed by atoms with van der Waals surface area (Å²) in [4.78, 5) is 19.5. The molecular formula is C30H31N3OS. The van der Waals surface area contributed by atoms with E-state index in [9.17, 15) is 4.79 Å². The van der Waals surface area contributed by atoms with Crippen molar-refractivity contribution in [2.75, 3.05) is 30.4 Å². The van der Waals surface area contributed by atoms with Crippen molar-refractivity contribution in [3.63, 3.8) is 0 Å². The van der Waals surface area contributed by atoms with E-state index in [0.29, 0.717) is 5.37 Å². The number of allylic oxidation sites excluding steroid dienone is 2. The molecule has 1 aromatic heterocycles. The molecule has 178 valence electrons. The van der Waals surface area contributed by atoms with Crippen molar-refractivity contribution in [1.29, 1.82) is 0 Å². The molecule has 5 rings (SSSR count). The van der Waals surface area contributed by atoms with Gasteiger partial charge in [-0.15, -0.1) is 0 Å². The molecule has 1 atom stereocenters. The Balaban J connectivity index is 0.000000218. The van der Waals surface area contributed by atoms with Crippen molar-refractivity contribution in [3.05, 3.63) is 119 Å². The molecule has 1 unspecified atom stereocenters. The number of para-hydroxylation sites is 2. The number of H-pyrrole nitrogens is 1. The predicted molar refractivity (Wildman–Crippen MR) is 153 cm³/mol. The second kappa shape index (κ2) is 11.6. The largest absolute Gasteiger partial charge is 0.378 e. The summed E-state index contributed by atoms with van der Waals surface area (Å²) >= 11 is 1.92. The first-order chi connectivity index (χ1) is 17.0. The smallest absolute Gasteiger partial charge is 0.248 e. The van der Waals surface area contributed by atoms with Crippen LogP contribution in [0.3, 0.4) is 0 Å². The number of benzene rings is 3. The molecule has 5 heteroatoms. The quantitative estimate of drug-likeness (QED) is 0.318. The molecule has 0 aliphatic carbocycles. The van der Waals surface area contributed by atoms with Gasteiger partial charge in [-0.3, -0.25) is 4.79 Å². The molecule has 1 aliphatic rings. The zero-order chi connectivity index (χ0) is 24.6. The molecule has 0 saturated heterocycles. The minimum absolute atomic E-state index is 0.0521. The summed E-state index contributed by atoms with van der Waals surface area (Å²) < 4.78 is 0. The highest BCUT2D eigenvalue weighted by atomic mass is 32.2. The standard InChI is InChI=1S/C21H24N2S.C9H7NO/c1-4-23-19-10-6-7-11-20(19)24-21(23)12-8-5-9-17-13-15-18(16-14-17)22(2)3;11-9-6-5-7-3-1-2-4-8(7)10-9/h5-16,21H,4H2,1-3H3;1-6H,(H,10,11). The number of pyridine rings is 1. The van der Waals surface area contributed by atoms with Crippen molar-refractivity contribution in [3.8, 4) is 0 Å². The number of rotatable bonds is 5. The summed E-state index contributed by atoms with van der Waals surface area (Å²) in [7, 11) is 4.12. The van der Waals surface area contributed by atoms with E-state index in [1.54, 1.807) is 0 Å². The predicted octanol–water partition coefficient (Wildman–Crippen LogP) is 6.81. The average Bonchev–Trinajstić information content (AvgIpc) is 3.24. The minimum atomic E-state index is -0.0521. The first kappa shape index (κ1) is 24.4. The fourth-order valence-electron chi connectivity index (χ4n) is 3.92. The Bertz CT molecular complexity index is 1370. The molecule has 0 fully saturated rings. The number of anilines is 2. The zero-order valence-electron chi connectivity index (χ0n) is 20.4. The maximum absolute atomic E-state index is 10.8. The van der Waals surface area contributed by atoms with Gasteiger partial charge in [-0.05, 0) is 54.3 Å². The molecule has 0 spiro atoms. The van der Waals surface area contributed by atoms with Gasteiger partial charge in [0.25, 0.3) is 0 Å². The highest BCUT2D eigenvalue weighted by Gasteiger charge is 2.26. The summed E-state index contributed by atoms with van der Waals surface area (Å²) in [5.74, 6) is 0. The van der Waals surface area contributed by atoms with Gasteiger partial charge in [-0.1, -0.05) is 78.5 Å². The van der Waals surface area contributed by atoms with E-state index in [0.717, 1.165) is 17.4 Å². The Morgan fingerprint density at radius 2 is 1.66 bits per heavy atom. The van der Waals surface area contributed by atoms with Gasteiger partial charge in [0.2, 0.25) is 5.56 Å². The van der Waals surface area contributed by atoms with Crippen LogP contribution in [-0.2, 0) is 0 Å². The topological polar surface area (TPSA) is 39.3 Å². The molecule has 0 bridgehead atoms. The monoisotopic (exact) mass is 481 g/mol. The van der Waals surface area contributed by atoms with Crippen LogP contribution in [0.4, 0.5) is 11.4 Å². The lowest BCUT2D eigenvalue weighted by Crippen LogP contribution is -2.27. The summed E-state index contributed by atoms with van der Waals surface area (Å²) in [6.45, 7) is 3.24. The Labute approximate surface area is 211 Å². The molecule has 1 aliphatic heterocycles. The van der Waals surface area contributed by atoms with Crippen molar-refractivity contribution in [2.45, 2.75) is 17.2 Å². The number of fused-ring (bicyclic) bond motifs is 2. The third kappa shape index (κ3) is 6.25. The Kier molecular flexibility index (Phi) is 8.11. The number of nitrogens with zero attached hydrogens (tertiary/aromatic N) is 2. The van der Waals surface area contributed by atoms with E-state index in [1.165, 1.54) is 27.9 Å². The van der Waals surface area contributed by atoms with Crippen molar-refractivity contribution in [2.24, 2.45) is 0 Å². The lowest BCUT2D eigenvalue weighted by molar-refractivity contribution is 0.878. The maximum Gasteiger partial charge on any atom is 0.248 e. The normalized spacial score (nSPS) is 14.8. The molecule has 3 aromatic carbocycles. The van der Waals surface area contributed by atoms with E-state index >= 15 is 0 Å². The SMILES string of the molecule is CCN1c2ccccc2SC1C=CC=Cc1ccc(N(C)C)cc1.O=c1ccc2ccccc2[nH]1. The third-order valence-corrected chi connectivity index (χ3v) is 7.04. The highest BCUT2D eigenvalue weighted by Crippen LogP contribution is 2.43. The zero-order valence-corrected chi connectivity index (χ0v) is 21.2. The number of likely N-dealkylation sites (N-methyl/N-ethyl adjacent to an activating group) is 1. The van der Waals surface area contributed by atoms with Crippen LogP contribution in [-0.4, -0.2) is 31.0 Å². The van der Waals surface area contributed by atoms with Gasteiger partial charge in [-0.25, -0.2) is 0 Å². The van der Waals surface area contributed by atoms with Crippen molar-refractivity contribution in [1.82, 2.24) is 4.98 Å². The highest BCUT2D eigenvalue weighted by molar-refractivity contribution is 8.00. The third-order valence-electron chi connectivity index (χ3n) is 5.79. The van der Waals surface area contributed by atoms with E-state index < -0.39 is 0 Å². The van der Waals surface area contributed by atoms with Gasteiger partial charge in [0.1, 0.15) is 0 Å². The summed E-state index contributed by atoms with van der Waals surface area (Å²) in [5, 5.41) is 1.44. The van der Waals surface area contributed by atoms with Gasteiger partial charge in [0.15, 0.2) is 0 Å². The van der Waals surface area contributed by atoms with Crippen molar-refractivity contribution < 1.29 is 0 Å². The van der Waals surface area contributed by atoms with Crippen molar-refractivity contribution >= 4 is 40.1 Å². The number of aromatic nitrogens is 1. The van der Waals surface area contributed by atoms with E-state index in [-0.39, 0.29) is 5.56 Å². The van der Waals surface area contributed by atoms with Crippen LogP contribution in [0.2, 0.25) is 0 Å². The van der Waals surface area contributed by atoms with Gasteiger partial charge in [0, 0.05) is 42.8 Å². The summed E-state index contributed by atoms with van der Waals surface area (Å²) in [6, 6.07) is 28.3. The molecule has 35 heavy (non-hydrogen) atoms. The van der Waals surface area contributed by atoms with Crippen LogP contribution < -0.4 is 15.4 Å². The van der Waals surface area contributed by atoms with Gasteiger partial charge >= 0.3 is 0 Å². The second-order valence-electron chi connectivity index (χ2n) is 8.40. The summed E-state index contributed by atoms with van der Waals surface area (Å²) in [6.07, 6.45) is 8.71. The first-order valence-corrected chi connectivity index (χ1v) is 12.7. The fraction of sp³-hybridized carbons (Fsp3) is 0.167. The van der Waals surface area contributed by atoms with E-state index in [1.807, 2.05) is 42.1 Å². The van der Waals surface area contributed by atoms with Crippen LogP contribution >= 0.6 is 11.8 Å². The Hall–Kier alpha value is -3.70. The number of hydrogen-bond acceptors (Lipinski definition) is 4. The molecule has 0 saturated carbocycles. The fourth-order valence-corrected chi connectivity index (χ4v) is 5.21. The minimum Gasteiger partial charge on any atom is -0.378 e. The van der Waals surface area contributed by atoms with Gasteiger partial charge < -0.3 is 14.8 Å². The molecule has 2 heterocycles. The van der Waals surface area contributed by atoms with Gasteiger partial charge in [0.05, 0.1) is 11.1 Å². The number of nitrogens with one attached hydrogen (secondary N) is 1. The Morgan fingerprint density at radius 1 is 0.914 bits per heavy atom. The maximum atomic E-state index is 10.8. The van der Waals surface area contributed by atoms with Crippen LogP contribution in [0, 0.1) is 0 Å². The van der Waals surface area contributed by atoms with Crippen LogP contribution in [0.5, 0.6) is 0 Å². The summed E-state index contributed by atoms with van der Waals surface area (Å²) in [5.41, 5.74) is 4.63. The Morgan fingerprint density at radius 3 is 2.43 bits per heavy atom. The molecule has 0 radical (unpaired) electrons.